The van der Waals surface area contributed by atoms with Gasteiger partial charge in [0, 0.05) is 12.0 Å². The number of rotatable bonds is 20. The molecule has 1 atom stereocenters. The van der Waals surface area contributed by atoms with Gasteiger partial charge < -0.3 is 14.7 Å². The van der Waals surface area contributed by atoms with E-state index in [1.54, 1.807) is 0 Å². The van der Waals surface area contributed by atoms with Crippen molar-refractivity contribution in [2.24, 2.45) is 0 Å². The molecule has 0 heterocycles. The van der Waals surface area contributed by atoms with Gasteiger partial charge in [0.25, 0.3) is 0 Å². The van der Waals surface area contributed by atoms with E-state index in [0.29, 0.717) is 12.8 Å². The maximum Gasteiger partial charge on any atom is 1.00 e. The molecule has 0 aromatic heterocycles. The molecule has 0 rings (SSSR count). The molecule has 0 fully saturated rings. The van der Waals surface area contributed by atoms with E-state index in [9.17, 15) is 67.5 Å². The summed E-state index contributed by atoms with van der Waals surface area (Å²) < 4.78 is 170. The maximum atomic E-state index is 13.8. The molecule has 0 amide bonds. The Hall–Kier alpha value is -1.07. The third-order valence-corrected chi connectivity index (χ3v) is 5.62. The van der Waals surface area contributed by atoms with Crippen LogP contribution in [0.2, 0.25) is 0 Å². The zero-order valence-corrected chi connectivity index (χ0v) is 21.6. The van der Waals surface area contributed by atoms with Crippen LogP contribution in [0.4, 0.5) is 52.7 Å². The Kier molecular flexibility index (Phi) is 17.6. The molecule has 0 aliphatic heterocycles. The van der Waals surface area contributed by atoms with Crippen molar-refractivity contribution < 1.29 is 105 Å². The topological polar surface area (TPSA) is 94.1 Å². The third-order valence-electron chi connectivity index (χ3n) is 4.90. The molecule has 232 valence electrons. The second-order valence-electron chi connectivity index (χ2n) is 7.87. The number of ether oxygens (including phenoxy) is 2. The van der Waals surface area contributed by atoms with Crippen molar-refractivity contribution in [1.29, 1.82) is 0 Å². The first-order chi connectivity index (χ1) is 17.7. The van der Waals surface area contributed by atoms with Crippen LogP contribution in [0.1, 0.15) is 51.9 Å². The molecule has 0 spiro atoms. The second-order valence-corrected chi connectivity index (χ2v) is 8.77. The minimum atomic E-state index is -7.80. The molecule has 0 saturated heterocycles. The molecule has 1 unspecified atom stereocenters. The van der Waals surface area contributed by atoms with Gasteiger partial charge in [0.1, 0.15) is 5.25 Å². The number of hydrogen-bond donors (Lipinski definition) is 0. The van der Waals surface area contributed by atoms with E-state index in [1.807, 2.05) is 6.92 Å². The minimum Gasteiger partial charge on any atom is -0.691 e. The quantitative estimate of drug-likeness (QED) is 0.0386. The van der Waals surface area contributed by atoms with E-state index in [1.165, 1.54) is 0 Å². The van der Waals surface area contributed by atoms with Crippen LogP contribution >= 0.6 is 12.0 Å². The van der Waals surface area contributed by atoms with E-state index in [4.69, 9.17) is 4.74 Å². The van der Waals surface area contributed by atoms with E-state index in [0.717, 1.165) is 25.7 Å². The molecule has 40 heavy (non-hydrogen) atoms. The van der Waals surface area contributed by atoms with Crippen molar-refractivity contribution in [3.63, 3.8) is 0 Å². The molecule has 7 nitrogen and oxygen atoms in total. The molecule has 0 aromatic rings. The normalized spacial score (nSPS) is 14.1. The van der Waals surface area contributed by atoms with Crippen LogP contribution in [0.15, 0.2) is 0 Å². The summed E-state index contributed by atoms with van der Waals surface area (Å²) in [6.07, 6.45) is -2.18. The van der Waals surface area contributed by atoms with Gasteiger partial charge in [0.2, 0.25) is 0 Å². The van der Waals surface area contributed by atoms with Crippen LogP contribution in [-0.4, -0.2) is 66.4 Å². The van der Waals surface area contributed by atoms with Gasteiger partial charge in [-0.25, -0.2) is 8.78 Å². The van der Waals surface area contributed by atoms with Crippen LogP contribution < -0.4 is 24.1 Å². The first kappa shape index (κ1) is 41.1. The summed E-state index contributed by atoms with van der Waals surface area (Å²) in [6.45, 7) is -1.40. The van der Waals surface area contributed by atoms with Crippen LogP contribution in [0.5, 0.6) is 0 Å². The van der Waals surface area contributed by atoms with Gasteiger partial charge in [0.15, 0.2) is 6.61 Å². The van der Waals surface area contributed by atoms with E-state index in [2.05, 4.69) is 14.1 Å². The summed E-state index contributed by atoms with van der Waals surface area (Å²) in [5.74, 6) is -40.1. The van der Waals surface area contributed by atoms with Crippen LogP contribution in [0, 0.1) is 0 Å². The summed E-state index contributed by atoms with van der Waals surface area (Å²) in [4.78, 5) is 23.7. The summed E-state index contributed by atoms with van der Waals surface area (Å²) in [5, 5.41) is 10.6. The molecule has 0 aliphatic rings. The van der Waals surface area contributed by atoms with E-state index in [-0.39, 0.29) is 25.5 Å². The Labute approximate surface area is 235 Å². The van der Waals surface area contributed by atoms with Crippen molar-refractivity contribution in [3.8, 4) is 0 Å². The smallest absolute Gasteiger partial charge is 0.691 e. The number of esters is 2. The number of carbonyl (C=O) groups excluding carboxylic acids is 2. The van der Waals surface area contributed by atoms with Gasteiger partial charge in [-0.3, -0.25) is 14.6 Å². The molecule has 0 aromatic carbocycles. The fraction of sp³-hybridized carbons (Fsp3) is 0.895. The minimum absolute atomic E-state index is 0. The summed E-state index contributed by atoms with van der Waals surface area (Å²) in [5.41, 5.74) is 0. The average Bonchev–Trinajstić information content (AvgIpc) is 2.83. The van der Waals surface area contributed by atoms with Gasteiger partial charge in [0.05, 0.1) is 13.0 Å². The van der Waals surface area contributed by atoms with Crippen molar-refractivity contribution >= 4 is 24.0 Å². The maximum absolute atomic E-state index is 13.8. The van der Waals surface area contributed by atoms with Crippen molar-refractivity contribution in [2.45, 2.75) is 93.2 Å². The molecule has 0 radical (unpaired) electrons. The SMILES string of the molecule is CCCCCCCCOC(=O)CC(SOO[O-])C(=O)OCC(F)(F)C(F)(F)C(F)(F)C(F)(F)C(F)(F)C(F)F.[Li+]. The summed E-state index contributed by atoms with van der Waals surface area (Å²) in [6, 6.07) is 0. The van der Waals surface area contributed by atoms with Gasteiger partial charge >= 0.3 is 66.8 Å². The molecular weight excluding hydrogens is 607 g/mol. The van der Waals surface area contributed by atoms with Gasteiger partial charge in [-0.2, -0.15) is 48.2 Å². The number of carbonyl (C=O) groups is 2. The average molecular weight is 630 g/mol. The molecular formula is C19H23F12LiO7S. The Bertz CT molecular complexity index is 778. The number of hydrogen-bond acceptors (Lipinski definition) is 8. The van der Waals surface area contributed by atoms with Gasteiger partial charge in [-0.15, -0.1) is 0 Å². The molecule has 21 heteroatoms. The predicted octanol–water partition coefficient (Wildman–Crippen LogP) is 2.51. The Morgan fingerprint density at radius 3 is 1.82 bits per heavy atom. The molecule has 0 bridgehead atoms. The monoisotopic (exact) mass is 630 g/mol. The van der Waals surface area contributed by atoms with Crippen LogP contribution in [-0.2, 0) is 28.4 Å². The van der Waals surface area contributed by atoms with Crippen molar-refractivity contribution in [1.82, 2.24) is 0 Å². The van der Waals surface area contributed by atoms with Gasteiger partial charge in [-0.05, 0) is 6.42 Å². The molecule has 0 N–H and O–H groups in total. The fourth-order valence-corrected chi connectivity index (χ4v) is 3.09. The van der Waals surface area contributed by atoms with E-state index < -0.39 is 78.3 Å². The largest absolute Gasteiger partial charge is 1.00 e. The fourth-order valence-electron chi connectivity index (χ4n) is 2.62. The van der Waals surface area contributed by atoms with Gasteiger partial charge in [-0.1, -0.05) is 39.0 Å². The Balaban J connectivity index is 0. The van der Waals surface area contributed by atoms with Crippen LogP contribution in [0.25, 0.3) is 0 Å². The Morgan fingerprint density at radius 2 is 1.32 bits per heavy atom. The van der Waals surface area contributed by atoms with Crippen molar-refractivity contribution in [2.75, 3.05) is 13.2 Å². The summed E-state index contributed by atoms with van der Waals surface area (Å²) in [7, 11) is 0. The second kappa shape index (κ2) is 17.1. The third kappa shape index (κ3) is 10.3. The zero-order valence-electron chi connectivity index (χ0n) is 20.8. The Morgan fingerprint density at radius 1 is 0.800 bits per heavy atom. The summed E-state index contributed by atoms with van der Waals surface area (Å²) >= 11 is -0.408. The van der Waals surface area contributed by atoms with Crippen molar-refractivity contribution in [3.05, 3.63) is 0 Å². The number of alkyl halides is 12. The predicted molar refractivity (Wildman–Crippen MR) is 104 cm³/mol. The number of halogens is 12. The zero-order chi connectivity index (χ0) is 30.7. The first-order valence-electron chi connectivity index (χ1n) is 10.9. The molecule has 0 saturated carbocycles. The standard InChI is InChI=1S/C19H24F12O7S.Li/c1-2-3-4-5-6-7-8-35-12(32)9-11(39-38-37-34)13(33)36-10-15(22,23)17(26,27)19(30,31)18(28,29)16(24,25)14(20)21;/h11,14,34H,2-10H2,1H3;/q;+1/p-1. The van der Waals surface area contributed by atoms with E-state index >= 15 is 0 Å². The molecule has 0 aliphatic carbocycles. The first-order valence-corrected chi connectivity index (χ1v) is 11.7. The number of unbranched alkanes of at least 4 members (excludes halogenated alkanes) is 5. The van der Waals surface area contributed by atoms with Crippen LogP contribution in [0.3, 0.4) is 0 Å².